The van der Waals surface area contributed by atoms with Gasteiger partial charge in [0.25, 0.3) is 5.91 Å². The van der Waals surface area contributed by atoms with Crippen LogP contribution in [0.2, 0.25) is 0 Å². The number of amides is 1. The predicted molar refractivity (Wildman–Crippen MR) is 84.9 cm³/mol. The van der Waals surface area contributed by atoms with Crippen LogP contribution in [0.25, 0.3) is 0 Å². The highest BCUT2D eigenvalue weighted by Gasteiger charge is 2.14. The third kappa shape index (κ3) is 6.16. The third-order valence-corrected chi connectivity index (χ3v) is 3.18. The molecule has 1 amide bonds. The molecule has 0 aliphatic rings. The van der Waals surface area contributed by atoms with E-state index in [9.17, 15) is 9.59 Å². The fourth-order valence-corrected chi connectivity index (χ4v) is 1.62. The number of esters is 1. The van der Waals surface area contributed by atoms with Crippen molar-refractivity contribution in [2.24, 2.45) is 5.92 Å². The van der Waals surface area contributed by atoms with Crippen LogP contribution < -0.4 is 10.1 Å². The van der Waals surface area contributed by atoms with Crippen LogP contribution in [0.5, 0.6) is 5.75 Å². The second-order valence-corrected chi connectivity index (χ2v) is 5.87. The van der Waals surface area contributed by atoms with Crippen molar-refractivity contribution in [3.05, 3.63) is 29.8 Å². The van der Waals surface area contributed by atoms with E-state index in [4.69, 9.17) is 9.47 Å². The molecule has 0 heterocycles. The first-order valence-electron chi connectivity index (χ1n) is 7.52. The Labute approximate surface area is 132 Å². The van der Waals surface area contributed by atoms with Gasteiger partial charge in [0.2, 0.25) is 0 Å². The molecule has 1 rings (SSSR count). The van der Waals surface area contributed by atoms with Crippen LogP contribution in [-0.2, 0) is 9.53 Å². The molecule has 0 fully saturated rings. The average molecular weight is 307 g/mol. The van der Waals surface area contributed by atoms with Gasteiger partial charge in [-0.2, -0.15) is 0 Å². The van der Waals surface area contributed by atoms with Crippen molar-refractivity contribution in [2.75, 3.05) is 6.61 Å². The van der Waals surface area contributed by atoms with Gasteiger partial charge in [0.05, 0.1) is 11.7 Å². The summed E-state index contributed by atoms with van der Waals surface area (Å²) in [5.41, 5.74) is 0.390. The highest BCUT2D eigenvalue weighted by Crippen LogP contribution is 2.14. The number of hydrogen-bond donors (Lipinski definition) is 1. The fraction of sp³-hybridized carbons (Fsp3) is 0.529. The number of hydrogen-bond acceptors (Lipinski definition) is 4. The largest absolute Gasteiger partial charge is 0.491 e. The van der Waals surface area contributed by atoms with Crippen molar-refractivity contribution in [1.29, 1.82) is 0 Å². The van der Waals surface area contributed by atoms with Crippen LogP contribution in [0, 0.1) is 5.92 Å². The van der Waals surface area contributed by atoms with E-state index in [1.165, 1.54) is 0 Å². The lowest BCUT2D eigenvalue weighted by Gasteiger charge is -2.17. The van der Waals surface area contributed by atoms with Gasteiger partial charge in [0.1, 0.15) is 5.75 Å². The van der Waals surface area contributed by atoms with Crippen LogP contribution >= 0.6 is 0 Å². The lowest BCUT2D eigenvalue weighted by atomic mass is 10.1. The van der Waals surface area contributed by atoms with E-state index < -0.39 is 5.97 Å². The van der Waals surface area contributed by atoms with Crippen LogP contribution in [0.3, 0.4) is 0 Å². The first-order chi connectivity index (χ1) is 10.3. The Morgan fingerprint density at radius 3 is 2.14 bits per heavy atom. The van der Waals surface area contributed by atoms with Gasteiger partial charge < -0.3 is 14.8 Å². The van der Waals surface area contributed by atoms with Gasteiger partial charge in [-0.05, 0) is 51.0 Å². The number of carbonyl (C=O) groups excluding carboxylic acids is 2. The summed E-state index contributed by atoms with van der Waals surface area (Å²) in [6, 6.07) is 6.69. The zero-order valence-electron chi connectivity index (χ0n) is 13.9. The lowest BCUT2D eigenvalue weighted by molar-refractivity contribution is -0.125. The molecule has 122 valence electrons. The maximum atomic E-state index is 11.9. The monoisotopic (exact) mass is 307 g/mol. The lowest BCUT2D eigenvalue weighted by Crippen LogP contribution is -2.38. The van der Waals surface area contributed by atoms with E-state index in [0.717, 1.165) is 0 Å². The summed E-state index contributed by atoms with van der Waals surface area (Å²) in [4.78, 5) is 23.5. The van der Waals surface area contributed by atoms with E-state index in [1.54, 1.807) is 24.3 Å². The Kier molecular flexibility index (Phi) is 6.89. The molecular weight excluding hydrogens is 282 g/mol. The summed E-state index contributed by atoms with van der Waals surface area (Å²) < 4.78 is 10.5. The van der Waals surface area contributed by atoms with Crippen molar-refractivity contribution < 1.29 is 19.1 Å². The van der Waals surface area contributed by atoms with E-state index in [0.29, 0.717) is 17.2 Å². The number of nitrogens with one attached hydrogen (secondary N) is 1. The van der Waals surface area contributed by atoms with Crippen LogP contribution in [0.1, 0.15) is 45.0 Å². The molecule has 0 bridgehead atoms. The summed E-state index contributed by atoms with van der Waals surface area (Å²) in [7, 11) is 0. The molecule has 1 atom stereocenters. The second-order valence-electron chi connectivity index (χ2n) is 5.87. The van der Waals surface area contributed by atoms with E-state index in [1.807, 2.05) is 34.6 Å². The highest BCUT2D eigenvalue weighted by molar-refractivity contribution is 5.91. The Hall–Kier alpha value is -2.04. The quantitative estimate of drug-likeness (QED) is 0.787. The van der Waals surface area contributed by atoms with Crippen molar-refractivity contribution in [3.63, 3.8) is 0 Å². The molecule has 0 aliphatic carbocycles. The topological polar surface area (TPSA) is 64.6 Å². The molecule has 0 radical (unpaired) electrons. The molecule has 5 heteroatoms. The van der Waals surface area contributed by atoms with Crippen molar-refractivity contribution in [2.45, 2.75) is 46.8 Å². The maximum Gasteiger partial charge on any atom is 0.338 e. The standard InChI is InChI=1S/C17H25NO4/c1-11(2)13(5)18-16(19)10-21-17(20)14-6-8-15(9-7-14)22-12(3)4/h6-9,11-13H,10H2,1-5H3,(H,18,19)/t13-/m0/s1. The number of rotatable bonds is 7. The number of benzene rings is 1. The minimum Gasteiger partial charge on any atom is -0.491 e. The molecule has 1 aromatic carbocycles. The summed E-state index contributed by atoms with van der Waals surface area (Å²) in [6.45, 7) is 9.52. The van der Waals surface area contributed by atoms with Gasteiger partial charge in [-0.3, -0.25) is 4.79 Å². The second kappa shape index (κ2) is 8.41. The van der Waals surface area contributed by atoms with E-state index >= 15 is 0 Å². The van der Waals surface area contributed by atoms with Crippen LogP contribution in [0.4, 0.5) is 0 Å². The molecule has 5 nitrogen and oxygen atoms in total. The Morgan fingerprint density at radius 1 is 1.05 bits per heavy atom. The van der Waals surface area contributed by atoms with Crippen LogP contribution in [-0.4, -0.2) is 30.6 Å². The maximum absolute atomic E-state index is 11.9. The Morgan fingerprint density at radius 2 is 1.64 bits per heavy atom. The molecule has 0 aromatic heterocycles. The van der Waals surface area contributed by atoms with Crippen molar-refractivity contribution in [3.8, 4) is 5.75 Å². The molecule has 22 heavy (non-hydrogen) atoms. The minimum atomic E-state index is -0.525. The number of ether oxygens (including phenoxy) is 2. The molecular formula is C17H25NO4. The average Bonchev–Trinajstić information content (AvgIpc) is 2.44. The summed E-state index contributed by atoms with van der Waals surface area (Å²) in [6.07, 6.45) is 0.0736. The molecule has 0 spiro atoms. The Balaban J connectivity index is 2.46. The first kappa shape index (κ1) is 18.0. The minimum absolute atomic E-state index is 0.0404. The van der Waals surface area contributed by atoms with Crippen molar-refractivity contribution >= 4 is 11.9 Å². The summed E-state index contributed by atoms with van der Waals surface area (Å²) in [5, 5.41) is 2.78. The third-order valence-electron chi connectivity index (χ3n) is 3.18. The normalized spacial score (nSPS) is 12.1. The van der Waals surface area contributed by atoms with Gasteiger partial charge >= 0.3 is 5.97 Å². The first-order valence-corrected chi connectivity index (χ1v) is 7.52. The molecule has 0 saturated heterocycles. The van der Waals surface area contributed by atoms with Gasteiger partial charge in [0.15, 0.2) is 6.61 Å². The fourth-order valence-electron chi connectivity index (χ4n) is 1.62. The summed E-state index contributed by atoms with van der Waals surface area (Å²) >= 11 is 0. The highest BCUT2D eigenvalue weighted by atomic mass is 16.5. The van der Waals surface area contributed by atoms with Gasteiger partial charge in [-0.15, -0.1) is 0 Å². The summed E-state index contributed by atoms with van der Waals surface area (Å²) in [5.74, 6) is 0.195. The molecule has 0 unspecified atom stereocenters. The molecule has 0 aliphatic heterocycles. The SMILES string of the molecule is CC(C)Oc1ccc(C(=O)OCC(=O)N[C@@H](C)C(C)C)cc1. The van der Waals surface area contributed by atoms with Crippen LogP contribution in [0.15, 0.2) is 24.3 Å². The molecule has 1 aromatic rings. The zero-order chi connectivity index (χ0) is 16.7. The van der Waals surface area contributed by atoms with Crippen molar-refractivity contribution in [1.82, 2.24) is 5.32 Å². The molecule has 0 saturated carbocycles. The Bertz CT molecular complexity index is 494. The predicted octanol–water partition coefficient (Wildman–Crippen LogP) is 2.79. The van der Waals surface area contributed by atoms with Gasteiger partial charge in [-0.25, -0.2) is 4.79 Å². The van der Waals surface area contributed by atoms with E-state index in [-0.39, 0.29) is 24.7 Å². The van der Waals surface area contributed by atoms with Gasteiger partial charge in [0, 0.05) is 6.04 Å². The number of carbonyl (C=O) groups is 2. The zero-order valence-corrected chi connectivity index (χ0v) is 13.9. The molecule has 1 N–H and O–H groups in total. The van der Waals surface area contributed by atoms with E-state index in [2.05, 4.69) is 5.32 Å². The smallest absolute Gasteiger partial charge is 0.338 e. The van der Waals surface area contributed by atoms with Gasteiger partial charge in [-0.1, -0.05) is 13.8 Å².